The number of nitrogens with two attached hydrogens (primary N) is 1. The summed E-state index contributed by atoms with van der Waals surface area (Å²) in [5.41, 5.74) is 7.63. The van der Waals surface area contributed by atoms with Crippen LogP contribution < -0.4 is 5.73 Å². The molecule has 0 fully saturated rings. The van der Waals surface area contributed by atoms with Crippen LogP contribution >= 0.6 is 0 Å². The largest absolute Gasteiger partial charge is 0.399 e. The average molecular weight is 197 g/mol. The van der Waals surface area contributed by atoms with Gasteiger partial charge in [-0.1, -0.05) is 48.6 Å². The molecule has 1 heteroatoms. The number of hydrogen-bond donors (Lipinski definition) is 1. The van der Waals surface area contributed by atoms with Crippen LogP contribution in [-0.4, -0.2) is 0 Å². The van der Waals surface area contributed by atoms with E-state index in [0.29, 0.717) is 5.92 Å². The monoisotopic (exact) mass is 197 g/mol. The van der Waals surface area contributed by atoms with E-state index in [4.69, 9.17) is 5.73 Å². The molecule has 0 unspecified atom stereocenters. The standard InChI is InChI=1S/C14H15N/c15-14-10-8-13(9-11-14)7-6-12-4-2-1-3-5-12/h1-4,6-12H,5,15H2/b7-6+/t12-/m1/s1. The summed E-state index contributed by atoms with van der Waals surface area (Å²) >= 11 is 0. The molecule has 0 saturated carbocycles. The van der Waals surface area contributed by atoms with Crippen molar-refractivity contribution < 1.29 is 0 Å². The predicted octanol–water partition coefficient (Wildman–Crippen LogP) is 3.41. The van der Waals surface area contributed by atoms with Crippen molar-refractivity contribution in [1.82, 2.24) is 0 Å². The lowest BCUT2D eigenvalue weighted by atomic mass is 9.99. The van der Waals surface area contributed by atoms with E-state index in [-0.39, 0.29) is 0 Å². The highest BCUT2D eigenvalue weighted by molar-refractivity contribution is 5.53. The van der Waals surface area contributed by atoms with Gasteiger partial charge in [-0.15, -0.1) is 0 Å². The minimum Gasteiger partial charge on any atom is -0.399 e. The topological polar surface area (TPSA) is 26.0 Å². The zero-order valence-electron chi connectivity index (χ0n) is 8.64. The Morgan fingerprint density at radius 3 is 2.60 bits per heavy atom. The second-order valence-corrected chi connectivity index (χ2v) is 3.74. The summed E-state index contributed by atoms with van der Waals surface area (Å²) < 4.78 is 0. The number of nitrogen functional groups attached to an aromatic ring is 1. The Bertz CT molecular complexity index is 396. The fourth-order valence-electron chi connectivity index (χ4n) is 1.58. The molecule has 1 nitrogen and oxygen atoms in total. The third kappa shape index (κ3) is 2.84. The van der Waals surface area contributed by atoms with Gasteiger partial charge in [-0.2, -0.15) is 0 Å². The molecule has 1 aliphatic rings. The van der Waals surface area contributed by atoms with E-state index in [9.17, 15) is 0 Å². The van der Waals surface area contributed by atoms with Crippen LogP contribution in [-0.2, 0) is 0 Å². The van der Waals surface area contributed by atoms with Crippen molar-refractivity contribution in [2.75, 3.05) is 5.73 Å². The SMILES string of the molecule is Nc1ccc(/C=C/[C@@H]2C=CC=CC2)cc1. The molecule has 0 spiro atoms. The van der Waals surface area contributed by atoms with Crippen molar-refractivity contribution in [3.05, 3.63) is 60.2 Å². The summed E-state index contributed by atoms with van der Waals surface area (Å²) in [6.45, 7) is 0. The molecule has 0 heterocycles. The molecule has 0 amide bonds. The lowest BCUT2D eigenvalue weighted by Gasteiger charge is -2.06. The van der Waals surface area contributed by atoms with Crippen LogP contribution in [0.2, 0.25) is 0 Å². The van der Waals surface area contributed by atoms with Gasteiger partial charge in [0.05, 0.1) is 0 Å². The molecule has 2 N–H and O–H groups in total. The molecule has 76 valence electrons. The molecule has 0 bridgehead atoms. The Labute approximate surface area is 90.6 Å². The number of hydrogen-bond acceptors (Lipinski definition) is 1. The molecule has 0 radical (unpaired) electrons. The maximum Gasteiger partial charge on any atom is 0.0314 e. The van der Waals surface area contributed by atoms with Crippen LogP contribution in [0.1, 0.15) is 12.0 Å². The van der Waals surface area contributed by atoms with Crippen LogP contribution in [0.15, 0.2) is 54.6 Å². The highest BCUT2D eigenvalue weighted by Gasteiger charge is 1.99. The van der Waals surface area contributed by atoms with E-state index < -0.39 is 0 Å². The quantitative estimate of drug-likeness (QED) is 0.722. The first kappa shape index (κ1) is 9.78. The van der Waals surface area contributed by atoms with Gasteiger partial charge in [0.15, 0.2) is 0 Å². The Hall–Kier alpha value is -1.76. The second-order valence-electron chi connectivity index (χ2n) is 3.74. The second kappa shape index (κ2) is 4.65. The van der Waals surface area contributed by atoms with Crippen LogP contribution in [0, 0.1) is 5.92 Å². The van der Waals surface area contributed by atoms with Gasteiger partial charge in [-0.05, 0) is 30.0 Å². The van der Waals surface area contributed by atoms with Crippen molar-refractivity contribution in [3.8, 4) is 0 Å². The summed E-state index contributed by atoms with van der Waals surface area (Å²) in [5, 5.41) is 0. The Morgan fingerprint density at radius 1 is 1.13 bits per heavy atom. The first-order chi connectivity index (χ1) is 7.34. The first-order valence-corrected chi connectivity index (χ1v) is 5.22. The van der Waals surface area contributed by atoms with E-state index in [2.05, 4.69) is 36.5 Å². The molecule has 0 aromatic heterocycles. The molecule has 15 heavy (non-hydrogen) atoms. The van der Waals surface area contributed by atoms with Crippen molar-refractivity contribution in [1.29, 1.82) is 0 Å². The van der Waals surface area contributed by atoms with Gasteiger partial charge in [0.2, 0.25) is 0 Å². The number of benzene rings is 1. The van der Waals surface area contributed by atoms with E-state index in [1.54, 1.807) is 0 Å². The fraction of sp³-hybridized carbons (Fsp3) is 0.143. The van der Waals surface area contributed by atoms with Crippen molar-refractivity contribution in [2.24, 2.45) is 5.92 Å². The van der Waals surface area contributed by atoms with Crippen molar-refractivity contribution in [3.63, 3.8) is 0 Å². The van der Waals surface area contributed by atoms with Crippen LogP contribution in [0.5, 0.6) is 0 Å². The fourth-order valence-corrected chi connectivity index (χ4v) is 1.58. The summed E-state index contributed by atoms with van der Waals surface area (Å²) in [4.78, 5) is 0. The first-order valence-electron chi connectivity index (χ1n) is 5.22. The highest BCUT2D eigenvalue weighted by Crippen LogP contribution is 2.15. The number of anilines is 1. The zero-order chi connectivity index (χ0) is 10.5. The van der Waals surface area contributed by atoms with Crippen LogP contribution in [0.4, 0.5) is 5.69 Å². The normalized spacial score (nSPS) is 19.9. The van der Waals surface area contributed by atoms with Gasteiger partial charge in [0, 0.05) is 5.69 Å². The van der Waals surface area contributed by atoms with Gasteiger partial charge >= 0.3 is 0 Å². The van der Waals surface area contributed by atoms with Crippen molar-refractivity contribution in [2.45, 2.75) is 6.42 Å². The molecule has 0 aliphatic heterocycles. The molecular formula is C14H15N. The molecule has 1 atom stereocenters. The minimum atomic E-state index is 0.535. The molecular weight excluding hydrogens is 182 g/mol. The van der Waals surface area contributed by atoms with Crippen LogP contribution in [0.25, 0.3) is 6.08 Å². The van der Waals surface area contributed by atoms with Crippen LogP contribution in [0.3, 0.4) is 0 Å². The minimum absolute atomic E-state index is 0.535. The lowest BCUT2D eigenvalue weighted by molar-refractivity contribution is 0.826. The van der Waals surface area contributed by atoms with Gasteiger partial charge in [-0.3, -0.25) is 0 Å². The smallest absolute Gasteiger partial charge is 0.0314 e. The number of allylic oxidation sites excluding steroid dienone is 5. The Balaban J connectivity index is 2.02. The maximum absolute atomic E-state index is 5.62. The third-order valence-electron chi connectivity index (χ3n) is 2.49. The zero-order valence-corrected chi connectivity index (χ0v) is 8.64. The third-order valence-corrected chi connectivity index (χ3v) is 2.49. The summed E-state index contributed by atoms with van der Waals surface area (Å²) in [7, 11) is 0. The number of rotatable bonds is 2. The Morgan fingerprint density at radius 2 is 1.93 bits per heavy atom. The van der Waals surface area contributed by atoms with Gasteiger partial charge < -0.3 is 5.73 Å². The van der Waals surface area contributed by atoms with Gasteiger partial charge in [0.25, 0.3) is 0 Å². The summed E-state index contributed by atoms with van der Waals surface area (Å²) in [6.07, 6.45) is 14.1. The van der Waals surface area contributed by atoms with E-state index in [1.807, 2.05) is 24.3 Å². The summed E-state index contributed by atoms with van der Waals surface area (Å²) in [6, 6.07) is 7.93. The Kier molecular flexibility index (Phi) is 3.03. The molecule has 1 aromatic carbocycles. The highest BCUT2D eigenvalue weighted by atomic mass is 14.5. The van der Waals surface area contributed by atoms with E-state index in [1.165, 1.54) is 5.56 Å². The molecule has 1 aliphatic carbocycles. The predicted molar refractivity (Wildman–Crippen MR) is 66.3 cm³/mol. The van der Waals surface area contributed by atoms with E-state index >= 15 is 0 Å². The molecule has 1 aromatic rings. The lowest BCUT2D eigenvalue weighted by Crippen LogP contribution is -1.91. The maximum atomic E-state index is 5.62. The summed E-state index contributed by atoms with van der Waals surface area (Å²) in [5.74, 6) is 0.535. The average Bonchev–Trinajstić information content (AvgIpc) is 2.30. The molecule has 0 saturated heterocycles. The molecule has 2 rings (SSSR count). The van der Waals surface area contributed by atoms with Crippen molar-refractivity contribution >= 4 is 11.8 Å². The van der Waals surface area contributed by atoms with E-state index in [0.717, 1.165) is 12.1 Å². The van der Waals surface area contributed by atoms with Gasteiger partial charge in [0.1, 0.15) is 0 Å². The van der Waals surface area contributed by atoms with Gasteiger partial charge in [-0.25, -0.2) is 0 Å².